The highest BCUT2D eigenvalue weighted by molar-refractivity contribution is 5.74. The van der Waals surface area contributed by atoms with Crippen molar-refractivity contribution in [3.05, 3.63) is 30.2 Å². The van der Waals surface area contributed by atoms with Crippen molar-refractivity contribution < 1.29 is 9.47 Å². The smallest absolute Gasteiger partial charge is 0.216 e. The van der Waals surface area contributed by atoms with Crippen molar-refractivity contribution in [1.29, 1.82) is 5.26 Å². The van der Waals surface area contributed by atoms with Crippen LogP contribution in [0.2, 0.25) is 0 Å². The van der Waals surface area contributed by atoms with Gasteiger partial charge in [0.1, 0.15) is 11.6 Å². The maximum absolute atomic E-state index is 9.03. The predicted molar refractivity (Wildman–Crippen MR) is 70.9 cm³/mol. The molecule has 0 bridgehead atoms. The number of allylic oxidation sites excluding steroid dienone is 1. The molecular weight excluding hydrogens is 260 g/mol. The second kappa shape index (κ2) is 6.19. The normalized spacial score (nSPS) is 10.8. The van der Waals surface area contributed by atoms with E-state index >= 15 is 0 Å². The molecular formula is C12H12N6O2. The number of aromatic amines is 1. The van der Waals surface area contributed by atoms with Gasteiger partial charge in [-0.2, -0.15) is 10.5 Å². The number of nitrogens with one attached hydrogen (secondary N) is 2. The summed E-state index contributed by atoms with van der Waals surface area (Å²) in [6.45, 7) is 0. The lowest BCUT2D eigenvalue weighted by Gasteiger charge is -2.09. The van der Waals surface area contributed by atoms with E-state index in [4.69, 9.17) is 14.7 Å². The van der Waals surface area contributed by atoms with Gasteiger partial charge in [0.05, 0.1) is 14.2 Å². The number of hydrogen-bond acceptors (Lipinski definition) is 7. The highest BCUT2D eigenvalue weighted by Gasteiger charge is 2.07. The van der Waals surface area contributed by atoms with E-state index in [9.17, 15) is 0 Å². The van der Waals surface area contributed by atoms with Gasteiger partial charge in [0.15, 0.2) is 11.5 Å². The molecule has 2 rings (SSSR count). The number of anilines is 1. The molecule has 2 N–H and O–H groups in total. The van der Waals surface area contributed by atoms with Gasteiger partial charge in [-0.3, -0.25) is 0 Å². The maximum atomic E-state index is 9.03. The fourth-order valence-electron chi connectivity index (χ4n) is 1.50. The summed E-state index contributed by atoms with van der Waals surface area (Å²) in [7, 11) is 3.12. The van der Waals surface area contributed by atoms with Crippen LogP contribution in [0, 0.1) is 11.3 Å². The van der Waals surface area contributed by atoms with Gasteiger partial charge in [0.25, 0.3) is 0 Å². The number of ether oxygens (including phenoxy) is 2. The summed E-state index contributed by atoms with van der Waals surface area (Å²) in [5, 5.41) is 25.2. The molecule has 0 aliphatic carbocycles. The zero-order valence-electron chi connectivity index (χ0n) is 10.9. The van der Waals surface area contributed by atoms with Crippen molar-refractivity contribution in [2.75, 3.05) is 19.5 Å². The van der Waals surface area contributed by atoms with E-state index in [0.717, 1.165) is 5.69 Å². The second-order valence-electron chi connectivity index (χ2n) is 3.62. The summed E-state index contributed by atoms with van der Waals surface area (Å²) in [5.74, 6) is 1.44. The van der Waals surface area contributed by atoms with Crippen LogP contribution in [-0.2, 0) is 0 Å². The molecule has 20 heavy (non-hydrogen) atoms. The summed E-state index contributed by atoms with van der Waals surface area (Å²) >= 11 is 0. The first-order valence-corrected chi connectivity index (χ1v) is 5.61. The topological polar surface area (TPSA) is 109 Å². The van der Waals surface area contributed by atoms with Crippen LogP contribution in [0.1, 0.15) is 5.82 Å². The highest BCUT2D eigenvalue weighted by Crippen LogP contribution is 2.29. The molecule has 0 saturated carbocycles. The number of hydrogen-bond donors (Lipinski definition) is 2. The number of rotatable bonds is 5. The first-order valence-electron chi connectivity index (χ1n) is 5.61. The van der Waals surface area contributed by atoms with Gasteiger partial charge < -0.3 is 14.8 Å². The Labute approximate surface area is 115 Å². The first-order chi connectivity index (χ1) is 9.78. The lowest BCUT2D eigenvalue weighted by atomic mass is 10.2. The molecule has 0 amide bonds. The predicted octanol–water partition coefficient (Wildman–Crippen LogP) is 1.19. The molecule has 8 nitrogen and oxygen atoms in total. The third kappa shape index (κ3) is 2.84. The molecule has 0 spiro atoms. The Balaban J connectivity index is 2.20. The first kappa shape index (κ1) is 13.4. The Morgan fingerprint density at radius 3 is 2.75 bits per heavy atom. The van der Waals surface area contributed by atoms with Crippen molar-refractivity contribution in [2.24, 2.45) is 0 Å². The van der Waals surface area contributed by atoms with Crippen molar-refractivity contribution in [1.82, 2.24) is 20.6 Å². The summed E-state index contributed by atoms with van der Waals surface area (Å²) in [4.78, 5) is 0. The van der Waals surface area contributed by atoms with Gasteiger partial charge >= 0.3 is 0 Å². The minimum atomic E-state index is 0.223. The number of benzene rings is 1. The zero-order chi connectivity index (χ0) is 14.4. The van der Waals surface area contributed by atoms with E-state index in [1.807, 2.05) is 6.07 Å². The van der Waals surface area contributed by atoms with Crippen molar-refractivity contribution >= 4 is 11.3 Å². The van der Waals surface area contributed by atoms with Crippen molar-refractivity contribution in [3.8, 4) is 17.6 Å². The fraction of sp³-hybridized carbons (Fsp3) is 0.167. The standard InChI is InChI=1S/C12H12N6O2/c1-19-10-4-3-9(5-11(10)20-2)14-7-8(6-13)12-15-17-18-16-12/h3-5,7,14H,1-2H3,(H,15,16,17,18). The molecule has 0 aliphatic heterocycles. The molecule has 1 heterocycles. The molecule has 0 aliphatic rings. The number of aromatic nitrogens is 4. The molecule has 2 aromatic rings. The summed E-state index contributed by atoms with van der Waals surface area (Å²) in [6, 6.07) is 7.29. The number of nitrogens with zero attached hydrogens (tertiary/aromatic N) is 4. The van der Waals surface area contributed by atoms with Crippen LogP contribution in [0.15, 0.2) is 24.4 Å². The number of methoxy groups -OCH3 is 2. The second-order valence-corrected chi connectivity index (χ2v) is 3.62. The molecule has 0 saturated heterocycles. The largest absolute Gasteiger partial charge is 0.493 e. The molecule has 8 heteroatoms. The fourth-order valence-corrected chi connectivity index (χ4v) is 1.50. The van der Waals surface area contributed by atoms with Gasteiger partial charge in [-0.05, 0) is 17.3 Å². The summed E-state index contributed by atoms with van der Waals surface area (Å²) < 4.78 is 10.3. The highest BCUT2D eigenvalue weighted by atomic mass is 16.5. The number of nitriles is 1. The lowest BCUT2D eigenvalue weighted by molar-refractivity contribution is 0.355. The van der Waals surface area contributed by atoms with Crippen molar-refractivity contribution in [2.45, 2.75) is 0 Å². The third-order valence-electron chi connectivity index (χ3n) is 2.47. The number of tetrazole rings is 1. The monoisotopic (exact) mass is 272 g/mol. The minimum Gasteiger partial charge on any atom is -0.493 e. The summed E-state index contributed by atoms with van der Waals surface area (Å²) in [6.07, 6.45) is 1.49. The third-order valence-corrected chi connectivity index (χ3v) is 2.47. The minimum absolute atomic E-state index is 0.223. The van der Waals surface area contributed by atoms with E-state index in [1.165, 1.54) is 6.20 Å². The molecule has 1 aromatic heterocycles. The lowest BCUT2D eigenvalue weighted by Crippen LogP contribution is -1.95. The van der Waals surface area contributed by atoms with E-state index in [2.05, 4.69) is 25.9 Å². The van der Waals surface area contributed by atoms with Crippen LogP contribution in [0.4, 0.5) is 5.69 Å². The Bertz CT molecular complexity index is 644. The average molecular weight is 272 g/mol. The van der Waals surface area contributed by atoms with Crippen LogP contribution < -0.4 is 14.8 Å². The van der Waals surface area contributed by atoms with E-state index in [1.54, 1.807) is 32.4 Å². The Kier molecular flexibility index (Phi) is 4.14. The Hall–Kier alpha value is -3.08. The zero-order valence-corrected chi connectivity index (χ0v) is 10.9. The molecule has 0 atom stereocenters. The van der Waals surface area contributed by atoms with Gasteiger partial charge in [-0.15, -0.1) is 10.2 Å². The quantitative estimate of drug-likeness (QED) is 0.787. The van der Waals surface area contributed by atoms with Gasteiger partial charge in [-0.25, -0.2) is 0 Å². The molecule has 0 fully saturated rings. The Morgan fingerprint density at radius 2 is 2.15 bits per heavy atom. The summed E-state index contributed by atoms with van der Waals surface area (Å²) in [5.41, 5.74) is 0.993. The van der Waals surface area contributed by atoms with Crippen LogP contribution >= 0.6 is 0 Å². The van der Waals surface area contributed by atoms with Gasteiger partial charge in [-0.1, -0.05) is 0 Å². The molecule has 1 aromatic carbocycles. The molecule has 102 valence electrons. The average Bonchev–Trinajstić information content (AvgIpc) is 3.02. The van der Waals surface area contributed by atoms with Crippen LogP contribution in [-0.4, -0.2) is 34.8 Å². The van der Waals surface area contributed by atoms with Gasteiger partial charge in [0.2, 0.25) is 5.82 Å². The van der Waals surface area contributed by atoms with E-state index in [0.29, 0.717) is 11.5 Å². The Morgan fingerprint density at radius 1 is 1.35 bits per heavy atom. The molecule has 0 radical (unpaired) electrons. The van der Waals surface area contributed by atoms with Crippen molar-refractivity contribution in [3.63, 3.8) is 0 Å². The van der Waals surface area contributed by atoms with Crippen LogP contribution in [0.5, 0.6) is 11.5 Å². The SMILES string of the molecule is COc1ccc(NC=C(C#N)c2nn[nH]n2)cc1OC. The maximum Gasteiger partial charge on any atom is 0.216 e. The van der Waals surface area contributed by atoms with E-state index < -0.39 is 0 Å². The van der Waals surface area contributed by atoms with E-state index in [-0.39, 0.29) is 11.4 Å². The molecule has 0 unspecified atom stereocenters. The van der Waals surface area contributed by atoms with Crippen LogP contribution in [0.3, 0.4) is 0 Å². The van der Waals surface area contributed by atoms with Gasteiger partial charge in [0, 0.05) is 18.0 Å². The number of H-pyrrole nitrogens is 1. The van der Waals surface area contributed by atoms with Crippen LogP contribution in [0.25, 0.3) is 5.57 Å².